The van der Waals surface area contributed by atoms with E-state index in [9.17, 15) is 4.79 Å². The molecule has 1 aliphatic heterocycles. The van der Waals surface area contributed by atoms with Gasteiger partial charge in [-0.05, 0) is 81.9 Å². The maximum Gasteiger partial charge on any atom is 0.494 e. The highest BCUT2D eigenvalue weighted by atomic mass is 16.7. The molecule has 1 aliphatic carbocycles. The summed E-state index contributed by atoms with van der Waals surface area (Å²) in [6.45, 7) is 8.26. The number of carbonyl (C=O) groups is 1. The Balaban J connectivity index is 1.65. The number of hydrogen-bond acceptors (Lipinski definition) is 4. The lowest BCUT2D eigenvalue weighted by atomic mass is 9.79. The van der Waals surface area contributed by atoms with Crippen LogP contribution in [0.3, 0.4) is 0 Å². The van der Waals surface area contributed by atoms with Crippen molar-refractivity contribution in [2.75, 3.05) is 4.90 Å². The first-order chi connectivity index (χ1) is 14.3. The van der Waals surface area contributed by atoms with Crippen molar-refractivity contribution in [2.24, 2.45) is 0 Å². The second-order valence-corrected chi connectivity index (χ2v) is 8.87. The molecule has 0 aromatic heterocycles. The zero-order valence-corrected chi connectivity index (χ0v) is 18.1. The molecule has 0 bridgehead atoms. The van der Waals surface area contributed by atoms with E-state index in [1.54, 1.807) is 0 Å². The number of rotatable bonds is 5. The van der Waals surface area contributed by atoms with Crippen LogP contribution in [0.15, 0.2) is 78.0 Å². The molecule has 0 atom stereocenters. The summed E-state index contributed by atoms with van der Waals surface area (Å²) in [7, 11) is -0.374. The predicted molar refractivity (Wildman–Crippen MR) is 122 cm³/mol. The fourth-order valence-electron chi connectivity index (χ4n) is 3.74. The molecular formula is C25H28BNO3. The van der Waals surface area contributed by atoms with Gasteiger partial charge in [-0.1, -0.05) is 36.4 Å². The second kappa shape index (κ2) is 7.90. The molecule has 0 N–H and O–H groups in total. The van der Waals surface area contributed by atoms with Crippen molar-refractivity contribution in [2.45, 2.75) is 51.7 Å². The summed E-state index contributed by atoms with van der Waals surface area (Å²) in [4.78, 5) is 13.3. The summed E-state index contributed by atoms with van der Waals surface area (Å²) in [5.41, 5.74) is 4.44. The Morgan fingerprint density at radius 2 is 1.43 bits per heavy atom. The smallest absolute Gasteiger partial charge is 0.399 e. The molecule has 1 saturated heterocycles. The highest BCUT2D eigenvalue weighted by molar-refractivity contribution is 6.62. The SMILES string of the molecule is CC1(C)OB(c2ccc(N(C3=CC=C(C=O)CC3)c3ccccc3)cc2)OC1(C)C. The fourth-order valence-corrected chi connectivity index (χ4v) is 3.74. The standard InChI is InChI=1S/C25H28BNO3/c1-24(2)25(3,4)30-26(29-24)20-12-16-23(17-13-20)27(21-8-6-5-7-9-21)22-14-10-19(18-28)11-15-22/h5-10,12-14,16-18H,11,15H2,1-4H3. The van der Waals surface area contributed by atoms with Crippen molar-refractivity contribution >= 4 is 30.2 Å². The number of anilines is 2. The number of benzene rings is 2. The van der Waals surface area contributed by atoms with Crippen LogP contribution in [0.4, 0.5) is 11.4 Å². The molecule has 0 radical (unpaired) electrons. The number of nitrogens with zero attached hydrogens (tertiary/aromatic N) is 1. The van der Waals surface area contributed by atoms with Crippen molar-refractivity contribution in [3.63, 3.8) is 0 Å². The summed E-state index contributed by atoms with van der Waals surface area (Å²) in [6.07, 6.45) is 6.48. The van der Waals surface area contributed by atoms with Gasteiger partial charge < -0.3 is 14.2 Å². The molecule has 2 aromatic rings. The fraction of sp³-hybridized carbons (Fsp3) is 0.320. The normalized spacial score (nSPS) is 19.8. The Morgan fingerprint density at radius 3 is 1.97 bits per heavy atom. The average molecular weight is 401 g/mol. The van der Waals surface area contributed by atoms with Gasteiger partial charge in [-0.3, -0.25) is 4.79 Å². The third-order valence-electron chi connectivity index (χ3n) is 6.29. The number of aldehydes is 1. The molecule has 154 valence electrons. The van der Waals surface area contributed by atoms with Gasteiger partial charge in [0.15, 0.2) is 0 Å². The van der Waals surface area contributed by atoms with Crippen LogP contribution in [-0.4, -0.2) is 24.6 Å². The van der Waals surface area contributed by atoms with E-state index in [0.29, 0.717) is 0 Å². The van der Waals surface area contributed by atoms with Gasteiger partial charge >= 0.3 is 7.12 Å². The van der Waals surface area contributed by atoms with E-state index in [1.807, 2.05) is 30.4 Å². The molecular weight excluding hydrogens is 373 g/mol. The van der Waals surface area contributed by atoms with Gasteiger partial charge in [-0.2, -0.15) is 0 Å². The summed E-state index contributed by atoms with van der Waals surface area (Å²) in [5, 5.41) is 0. The van der Waals surface area contributed by atoms with Gasteiger partial charge in [0.05, 0.1) is 11.2 Å². The molecule has 0 spiro atoms. The first kappa shape index (κ1) is 20.6. The van der Waals surface area contributed by atoms with Crippen LogP contribution >= 0.6 is 0 Å². The van der Waals surface area contributed by atoms with Gasteiger partial charge in [-0.15, -0.1) is 0 Å². The summed E-state index contributed by atoms with van der Waals surface area (Å²) < 4.78 is 12.4. The molecule has 4 rings (SSSR count). The Bertz CT molecular complexity index is 961. The molecule has 5 heteroatoms. The van der Waals surface area contributed by atoms with E-state index in [1.165, 1.54) is 0 Å². The molecule has 2 aromatic carbocycles. The number of allylic oxidation sites excluding steroid dienone is 4. The molecule has 0 saturated carbocycles. The number of para-hydroxylation sites is 1. The summed E-state index contributed by atoms with van der Waals surface area (Å²) in [6, 6.07) is 18.6. The van der Waals surface area contributed by atoms with Gasteiger partial charge in [-0.25, -0.2) is 0 Å². The lowest BCUT2D eigenvalue weighted by Crippen LogP contribution is -2.41. The Kier molecular flexibility index (Phi) is 5.43. The van der Waals surface area contributed by atoms with Gasteiger partial charge in [0.25, 0.3) is 0 Å². The van der Waals surface area contributed by atoms with Gasteiger partial charge in [0.2, 0.25) is 0 Å². The number of hydrogen-bond donors (Lipinski definition) is 0. The minimum atomic E-state index is -0.374. The third kappa shape index (κ3) is 3.87. The van der Waals surface area contributed by atoms with E-state index >= 15 is 0 Å². The van der Waals surface area contributed by atoms with E-state index in [4.69, 9.17) is 9.31 Å². The minimum absolute atomic E-state index is 0.359. The third-order valence-corrected chi connectivity index (χ3v) is 6.29. The second-order valence-electron chi connectivity index (χ2n) is 8.87. The maximum absolute atomic E-state index is 11.1. The average Bonchev–Trinajstić information content (AvgIpc) is 2.97. The first-order valence-corrected chi connectivity index (χ1v) is 10.5. The molecule has 0 amide bonds. The van der Waals surface area contributed by atoms with Gasteiger partial charge in [0.1, 0.15) is 6.29 Å². The zero-order chi connectivity index (χ0) is 21.4. The van der Waals surface area contributed by atoms with Crippen molar-refractivity contribution in [1.29, 1.82) is 0 Å². The van der Waals surface area contributed by atoms with Crippen molar-refractivity contribution in [3.8, 4) is 0 Å². The van der Waals surface area contributed by atoms with E-state index < -0.39 is 0 Å². The summed E-state index contributed by atoms with van der Waals surface area (Å²) in [5.74, 6) is 0. The van der Waals surface area contributed by atoms with Crippen LogP contribution in [0.2, 0.25) is 0 Å². The van der Waals surface area contributed by atoms with Crippen LogP contribution < -0.4 is 10.4 Å². The van der Waals surface area contributed by atoms with Crippen LogP contribution in [-0.2, 0) is 14.1 Å². The first-order valence-electron chi connectivity index (χ1n) is 10.5. The zero-order valence-electron chi connectivity index (χ0n) is 18.1. The predicted octanol–water partition coefficient (Wildman–Crippen LogP) is 4.93. The Morgan fingerprint density at radius 1 is 0.833 bits per heavy atom. The van der Waals surface area contributed by atoms with Crippen molar-refractivity contribution in [1.82, 2.24) is 0 Å². The van der Waals surface area contributed by atoms with Gasteiger partial charge in [0, 0.05) is 17.1 Å². The molecule has 1 heterocycles. The van der Waals surface area contributed by atoms with Crippen LogP contribution in [0.5, 0.6) is 0 Å². The number of carbonyl (C=O) groups excluding carboxylic acids is 1. The molecule has 0 unspecified atom stereocenters. The topological polar surface area (TPSA) is 38.8 Å². The van der Waals surface area contributed by atoms with E-state index in [0.717, 1.165) is 47.2 Å². The Hall–Kier alpha value is -2.63. The highest BCUT2D eigenvalue weighted by Gasteiger charge is 2.51. The lowest BCUT2D eigenvalue weighted by molar-refractivity contribution is -0.105. The Labute approximate surface area is 179 Å². The highest BCUT2D eigenvalue weighted by Crippen LogP contribution is 2.37. The lowest BCUT2D eigenvalue weighted by Gasteiger charge is -2.32. The molecule has 1 fully saturated rings. The molecule has 4 nitrogen and oxygen atoms in total. The van der Waals surface area contributed by atoms with Crippen molar-refractivity contribution < 1.29 is 14.1 Å². The largest absolute Gasteiger partial charge is 0.494 e. The van der Waals surface area contributed by atoms with E-state index in [-0.39, 0.29) is 18.3 Å². The van der Waals surface area contributed by atoms with E-state index in [2.05, 4.69) is 69.0 Å². The summed E-state index contributed by atoms with van der Waals surface area (Å²) >= 11 is 0. The van der Waals surface area contributed by atoms with Crippen LogP contribution in [0.1, 0.15) is 40.5 Å². The van der Waals surface area contributed by atoms with Crippen molar-refractivity contribution in [3.05, 3.63) is 78.0 Å². The van der Waals surface area contributed by atoms with Crippen LogP contribution in [0.25, 0.3) is 0 Å². The molecule has 30 heavy (non-hydrogen) atoms. The minimum Gasteiger partial charge on any atom is -0.399 e. The monoisotopic (exact) mass is 401 g/mol. The van der Waals surface area contributed by atoms with Crippen LogP contribution in [0, 0.1) is 0 Å². The molecule has 2 aliphatic rings. The maximum atomic E-state index is 11.1. The quantitative estimate of drug-likeness (QED) is 0.526.